The number of H-pyrrole nitrogens is 1. The fourth-order valence-electron chi connectivity index (χ4n) is 1.39. The van der Waals surface area contributed by atoms with Crippen LogP contribution in [0.4, 0.5) is 0 Å². The molecular weight excluding hydrogens is 250 g/mol. The van der Waals surface area contributed by atoms with E-state index in [4.69, 9.17) is 10.7 Å². The zero-order chi connectivity index (χ0) is 11.7. The van der Waals surface area contributed by atoms with Gasteiger partial charge in [0.05, 0.1) is 17.2 Å². The van der Waals surface area contributed by atoms with Crippen molar-refractivity contribution in [2.45, 2.75) is 4.90 Å². The molecule has 0 atom stereocenters. The number of carboxylic acid groups (broad SMARTS) is 1. The average Bonchev–Trinajstić information content (AvgIpc) is 2.28. The van der Waals surface area contributed by atoms with Gasteiger partial charge in [-0.1, -0.05) is 0 Å². The highest BCUT2D eigenvalue weighted by atomic mass is 35.7. The summed E-state index contributed by atoms with van der Waals surface area (Å²) in [5.41, 5.74) is -0.175. The summed E-state index contributed by atoms with van der Waals surface area (Å²) in [6.07, 6.45) is 0. The third kappa shape index (κ3) is 1.91. The van der Waals surface area contributed by atoms with E-state index in [0.29, 0.717) is 10.9 Å². The van der Waals surface area contributed by atoms with Gasteiger partial charge < -0.3 is 14.9 Å². The fraction of sp³-hybridized carbons (Fsp3) is 0. The van der Waals surface area contributed by atoms with Crippen molar-refractivity contribution in [3.8, 4) is 0 Å². The molecule has 0 aliphatic heterocycles. The Kier molecular flexibility index (Phi) is 2.89. The first-order chi connectivity index (χ1) is 7.61. The molecule has 4 nitrogen and oxygen atoms in total. The minimum Gasteiger partial charge on any atom is -0.543 e. The van der Waals surface area contributed by atoms with Crippen molar-refractivity contribution in [2.75, 3.05) is 0 Å². The van der Waals surface area contributed by atoms with Crippen LogP contribution in [-0.4, -0.2) is 11.0 Å². The van der Waals surface area contributed by atoms with Gasteiger partial charge in [-0.25, -0.2) is 0 Å². The minimum absolute atomic E-state index is 0.241. The van der Waals surface area contributed by atoms with Gasteiger partial charge in [-0.05, 0) is 39.9 Å². The molecule has 0 aliphatic carbocycles. The highest BCUT2D eigenvalue weighted by Gasteiger charge is 2.03. The van der Waals surface area contributed by atoms with E-state index in [9.17, 15) is 14.7 Å². The van der Waals surface area contributed by atoms with Crippen molar-refractivity contribution >= 4 is 38.5 Å². The second-order valence-electron chi connectivity index (χ2n) is 3.12. The Morgan fingerprint density at radius 1 is 1.38 bits per heavy atom. The predicted octanol–water partition coefficient (Wildman–Crippen LogP) is 1.14. The second-order valence-corrected chi connectivity index (χ2v) is 4.21. The summed E-state index contributed by atoms with van der Waals surface area (Å²) in [4.78, 5) is 25.5. The number of hydrogen-bond acceptors (Lipinski definition) is 4. The number of rotatable bonds is 2. The van der Waals surface area contributed by atoms with Gasteiger partial charge in [0.25, 0.3) is 0 Å². The number of aromatic nitrogens is 1. The van der Waals surface area contributed by atoms with E-state index in [0.717, 1.165) is 21.9 Å². The van der Waals surface area contributed by atoms with Crippen molar-refractivity contribution in [3.63, 3.8) is 0 Å². The molecule has 6 heteroatoms. The Hall–Kier alpha value is -1.46. The van der Waals surface area contributed by atoms with Gasteiger partial charge in [0, 0.05) is 16.3 Å². The number of fused-ring (bicyclic) bond motifs is 1. The molecule has 1 N–H and O–H groups in total. The quantitative estimate of drug-likeness (QED) is 0.872. The molecule has 0 aliphatic rings. The summed E-state index contributed by atoms with van der Waals surface area (Å²) in [6, 6.07) is 5.90. The predicted molar refractivity (Wildman–Crippen MR) is 60.6 cm³/mol. The van der Waals surface area contributed by atoms with Gasteiger partial charge in [0.2, 0.25) is 0 Å². The highest BCUT2D eigenvalue weighted by Crippen LogP contribution is 2.24. The Morgan fingerprint density at radius 2 is 2.12 bits per heavy atom. The molecule has 0 radical (unpaired) electrons. The molecule has 0 spiro atoms. The molecule has 2 rings (SSSR count). The van der Waals surface area contributed by atoms with Crippen LogP contribution < -0.4 is 10.5 Å². The summed E-state index contributed by atoms with van der Waals surface area (Å²) in [7, 11) is 6.56. The van der Waals surface area contributed by atoms with Crippen LogP contribution in [0, 0.1) is 0 Å². The van der Waals surface area contributed by atoms with E-state index in [2.05, 4.69) is 4.98 Å². The van der Waals surface area contributed by atoms with E-state index in [1.165, 1.54) is 0 Å². The lowest BCUT2D eigenvalue weighted by atomic mass is 10.2. The zero-order valence-electron chi connectivity index (χ0n) is 7.82. The van der Waals surface area contributed by atoms with Gasteiger partial charge in [0.1, 0.15) is 0 Å². The summed E-state index contributed by atoms with van der Waals surface area (Å²) >= 11 is 0. The lowest BCUT2D eigenvalue weighted by Crippen LogP contribution is -2.25. The Balaban J connectivity index is 2.78. The molecule has 0 bridgehead atoms. The number of benzene rings is 1. The van der Waals surface area contributed by atoms with Crippen molar-refractivity contribution in [1.82, 2.24) is 4.98 Å². The van der Waals surface area contributed by atoms with Crippen molar-refractivity contribution in [3.05, 3.63) is 40.2 Å². The number of carbonyl (C=O) groups is 1. The van der Waals surface area contributed by atoms with Gasteiger partial charge in [-0.3, -0.25) is 4.79 Å². The van der Waals surface area contributed by atoms with Crippen LogP contribution >= 0.6 is 21.7 Å². The number of hydrogen-bond donors (Lipinski definition) is 1. The number of halogens is 1. The first kappa shape index (κ1) is 11.0. The van der Waals surface area contributed by atoms with Crippen LogP contribution in [0.25, 0.3) is 10.9 Å². The fourth-order valence-corrected chi connectivity index (χ4v) is 1.96. The van der Waals surface area contributed by atoms with Crippen LogP contribution in [0.2, 0.25) is 0 Å². The van der Waals surface area contributed by atoms with Crippen LogP contribution in [0.5, 0.6) is 0 Å². The van der Waals surface area contributed by atoms with Gasteiger partial charge in [0.15, 0.2) is 5.43 Å². The van der Waals surface area contributed by atoms with Crippen LogP contribution in [0.3, 0.4) is 0 Å². The zero-order valence-corrected chi connectivity index (χ0v) is 9.39. The average molecular weight is 255 g/mol. The van der Waals surface area contributed by atoms with E-state index in [-0.39, 0.29) is 11.1 Å². The number of carbonyl (C=O) groups excluding carboxylic acids is 1. The number of aromatic carboxylic acids is 1. The lowest BCUT2D eigenvalue weighted by Gasteiger charge is -2.05. The van der Waals surface area contributed by atoms with Crippen LogP contribution in [0.1, 0.15) is 10.5 Å². The van der Waals surface area contributed by atoms with Gasteiger partial charge in [-0.15, -0.1) is 0 Å². The maximum atomic E-state index is 11.6. The maximum absolute atomic E-state index is 11.6. The molecule has 82 valence electrons. The molecule has 0 unspecified atom stereocenters. The molecule has 1 heterocycles. The molecule has 0 saturated heterocycles. The van der Waals surface area contributed by atoms with Crippen LogP contribution in [0.15, 0.2) is 34.0 Å². The van der Waals surface area contributed by atoms with Crippen molar-refractivity contribution in [1.29, 1.82) is 0 Å². The Morgan fingerprint density at radius 3 is 2.75 bits per heavy atom. The molecule has 0 amide bonds. The molecular formula is C10H5ClNO3S-. The number of nitrogens with one attached hydrogen (secondary N) is 1. The number of aromatic amines is 1. The summed E-state index contributed by atoms with van der Waals surface area (Å²) in [6.45, 7) is 0. The van der Waals surface area contributed by atoms with E-state index >= 15 is 0 Å². The Bertz CT molecular complexity index is 623. The smallest absolute Gasteiger partial charge is 0.190 e. The molecule has 1 aromatic carbocycles. The number of carboxylic acids is 1. The van der Waals surface area contributed by atoms with E-state index < -0.39 is 5.97 Å². The van der Waals surface area contributed by atoms with Crippen molar-refractivity contribution < 1.29 is 9.90 Å². The SMILES string of the molecule is O=C([O-])c1cc(=O)c2ccc(SCl)cc2[nH]1. The topological polar surface area (TPSA) is 73.0 Å². The van der Waals surface area contributed by atoms with Crippen LogP contribution in [-0.2, 0) is 0 Å². The molecule has 0 saturated carbocycles. The summed E-state index contributed by atoms with van der Waals surface area (Å²) in [5.74, 6) is -1.41. The first-order valence-corrected chi connectivity index (χ1v) is 5.93. The van der Waals surface area contributed by atoms with Gasteiger partial charge >= 0.3 is 0 Å². The van der Waals surface area contributed by atoms with Gasteiger partial charge in [-0.2, -0.15) is 0 Å². The molecule has 1 aromatic heterocycles. The summed E-state index contributed by atoms with van der Waals surface area (Å²) in [5, 5.41) is 11.1. The largest absolute Gasteiger partial charge is 0.543 e. The summed E-state index contributed by atoms with van der Waals surface area (Å²) < 4.78 is 0. The standard InChI is InChI=1S/C10H6ClNO3S/c11-16-5-1-2-6-7(3-5)12-8(10(14)15)4-9(6)13/h1-4H,(H,12,13)(H,14,15)/p-1. The minimum atomic E-state index is -1.41. The van der Waals surface area contributed by atoms with E-state index in [1.54, 1.807) is 18.2 Å². The molecule has 16 heavy (non-hydrogen) atoms. The number of pyridine rings is 1. The Labute approximate surface area is 98.7 Å². The van der Waals surface area contributed by atoms with E-state index in [1.807, 2.05) is 0 Å². The first-order valence-electron chi connectivity index (χ1n) is 4.29. The van der Waals surface area contributed by atoms with Crippen molar-refractivity contribution in [2.24, 2.45) is 0 Å². The third-order valence-corrected chi connectivity index (χ3v) is 3.08. The second kappa shape index (κ2) is 4.19. The normalized spacial score (nSPS) is 10.6. The molecule has 2 aromatic rings. The third-order valence-electron chi connectivity index (χ3n) is 2.11. The maximum Gasteiger partial charge on any atom is 0.190 e. The highest BCUT2D eigenvalue weighted by molar-refractivity contribution is 8.21. The lowest BCUT2D eigenvalue weighted by molar-refractivity contribution is -0.255. The molecule has 0 fully saturated rings. The monoisotopic (exact) mass is 254 g/mol.